The number of benzene rings is 2. The van der Waals surface area contributed by atoms with Gasteiger partial charge in [-0.25, -0.2) is 0 Å². The Balaban J connectivity index is 2.84. The summed E-state index contributed by atoms with van der Waals surface area (Å²) in [6.07, 6.45) is 0. The van der Waals surface area contributed by atoms with E-state index in [1.54, 1.807) is 0 Å². The minimum absolute atomic E-state index is 0.592. The van der Waals surface area contributed by atoms with Crippen molar-refractivity contribution < 1.29 is 0 Å². The molecule has 0 N–H and O–H groups in total. The number of hydrogen-bond donors (Lipinski definition) is 0. The molecule has 0 atom stereocenters. The Hall–Kier alpha value is -0.570. The van der Waals surface area contributed by atoms with Crippen LogP contribution in [-0.2, 0) is 0 Å². The molecule has 2 aromatic carbocycles. The first-order valence-electron chi connectivity index (χ1n) is 4.87. The van der Waals surface area contributed by atoms with Gasteiger partial charge in [0.25, 0.3) is 0 Å². The van der Waals surface area contributed by atoms with Crippen molar-refractivity contribution in [1.29, 1.82) is 0 Å². The van der Waals surface area contributed by atoms with Gasteiger partial charge in [-0.3, -0.25) is 0 Å². The molecule has 1 heteroatoms. The second-order valence-electron chi connectivity index (χ2n) is 3.84. The summed E-state index contributed by atoms with van der Waals surface area (Å²) in [5.74, 6) is 0.592. The Kier molecular flexibility index (Phi) is 2.77. The monoisotopic (exact) mass is 300 g/mol. The summed E-state index contributed by atoms with van der Waals surface area (Å²) in [5, 5.41) is 2.77. The minimum Gasteiger partial charge on any atom is -0.0613 e. The Labute approximate surface area is 98.5 Å². The quantitative estimate of drug-likeness (QED) is 0.677. The molecule has 0 saturated heterocycles. The number of fused-ring (bicyclic) bond motifs is 1. The van der Waals surface area contributed by atoms with Crippen LogP contribution in [0.3, 0.4) is 0 Å². The average molecular weight is 300 g/mol. The normalized spacial score (nSPS) is 11.1. The van der Waals surface area contributed by atoms with Gasteiger partial charge in [0, 0.05) is 3.57 Å². The van der Waals surface area contributed by atoms with Gasteiger partial charge in [-0.05, 0) is 50.9 Å². The third-order valence-electron chi connectivity index (χ3n) is 2.51. The third kappa shape index (κ3) is 1.65. The van der Waals surface area contributed by atoms with Gasteiger partial charge in [0.05, 0.1) is 0 Å². The summed E-state index contributed by atoms with van der Waals surface area (Å²) in [6, 6.07) is 13.0. The molecule has 0 bridgehead atoms. The maximum absolute atomic E-state index is 2.42. The second-order valence-corrected chi connectivity index (χ2v) is 5.00. The SMILES string of the molecule is CC(C)c1cccc2cccc([131I])c12. The highest BCUT2D eigenvalue weighted by Gasteiger charge is 2.06. The fourth-order valence-corrected chi connectivity index (χ4v) is 2.63. The fraction of sp³-hybridized carbons (Fsp3) is 0.231. The van der Waals surface area contributed by atoms with Gasteiger partial charge in [0.1, 0.15) is 0 Å². The van der Waals surface area contributed by atoms with E-state index in [1.807, 2.05) is 0 Å². The molecule has 0 saturated carbocycles. The largest absolute Gasteiger partial charge is 0.0613 e. The molecule has 0 fully saturated rings. The van der Waals surface area contributed by atoms with Crippen molar-refractivity contribution >= 4 is 33.4 Å². The Morgan fingerprint density at radius 3 is 2.29 bits per heavy atom. The van der Waals surface area contributed by atoms with Crippen molar-refractivity contribution in [3.05, 3.63) is 45.5 Å². The van der Waals surface area contributed by atoms with Gasteiger partial charge in [0.15, 0.2) is 0 Å². The van der Waals surface area contributed by atoms with Crippen molar-refractivity contribution in [2.75, 3.05) is 0 Å². The zero-order valence-corrected chi connectivity index (χ0v) is 10.6. The predicted octanol–water partition coefficient (Wildman–Crippen LogP) is 4.57. The van der Waals surface area contributed by atoms with E-state index in [1.165, 1.54) is 19.9 Å². The Bertz CT molecular complexity index is 452. The summed E-state index contributed by atoms with van der Waals surface area (Å²) in [6.45, 7) is 4.50. The molecule has 0 unspecified atom stereocenters. The van der Waals surface area contributed by atoms with Crippen LogP contribution in [0.5, 0.6) is 0 Å². The number of rotatable bonds is 1. The van der Waals surface area contributed by atoms with E-state index in [0.29, 0.717) is 5.92 Å². The zero-order chi connectivity index (χ0) is 10.1. The van der Waals surface area contributed by atoms with Crippen LogP contribution in [0.1, 0.15) is 25.3 Å². The summed E-state index contributed by atoms with van der Waals surface area (Å²) in [7, 11) is 0. The van der Waals surface area contributed by atoms with E-state index < -0.39 is 0 Å². The molecule has 72 valence electrons. The van der Waals surface area contributed by atoms with Crippen LogP contribution in [0.4, 0.5) is 0 Å². The predicted molar refractivity (Wildman–Crippen MR) is 70.8 cm³/mol. The summed E-state index contributed by atoms with van der Waals surface area (Å²) in [4.78, 5) is 0. The highest BCUT2D eigenvalue weighted by molar-refractivity contribution is 14.1. The maximum Gasteiger partial charge on any atom is 0.0211 e. The first-order valence-corrected chi connectivity index (χ1v) is 5.95. The van der Waals surface area contributed by atoms with Gasteiger partial charge >= 0.3 is 0 Å². The molecule has 2 rings (SSSR count). The fourth-order valence-electron chi connectivity index (χ4n) is 1.80. The van der Waals surface area contributed by atoms with Gasteiger partial charge < -0.3 is 0 Å². The summed E-state index contributed by atoms with van der Waals surface area (Å²) < 4.78 is 1.35. The van der Waals surface area contributed by atoms with E-state index in [-0.39, 0.29) is 0 Å². The van der Waals surface area contributed by atoms with Crippen LogP contribution in [0.2, 0.25) is 0 Å². The number of halogens is 1. The van der Waals surface area contributed by atoms with Crippen molar-refractivity contribution in [2.45, 2.75) is 19.8 Å². The van der Waals surface area contributed by atoms with Crippen molar-refractivity contribution in [2.24, 2.45) is 0 Å². The molecular weight excluding hydrogens is 287 g/mol. The molecule has 2 aromatic rings. The van der Waals surface area contributed by atoms with Gasteiger partial charge in [0.2, 0.25) is 0 Å². The van der Waals surface area contributed by atoms with Gasteiger partial charge in [-0.2, -0.15) is 0 Å². The van der Waals surface area contributed by atoms with Crippen molar-refractivity contribution in [1.82, 2.24) is 0 Å². The van der Waals surface area contributed by atoms with Crippen LogP contribution in [-0.4, -0.2) is 0 Å². The Morgan fingerprint density at radius 1 is 1.00 bits per heavy atom. The molecule has 14 heavy (non-hydrogen) atoms. The van der Waals surface area contributed by atoms with Crippen LogP contribution in [0.15, 0.2) is 36.4 Å². The van der Waals surface area contributed by atoms with E-state index in [4.69, 9.17) is 0 Å². The molecular formula is C13H13I. The first-order chi connectivity index (χ1) is 6.70. The Morgan fingerprint density at radius 2 is 1.64 bits per heavy atom. The van der Waals surface area contributed by atoms with E-state index in [2.05, 4.69) is 72.8 Å². The number of hydrogen-bond acceptors (Lipinski definition) is 0. The topological polar surface area (TPSA) is 0 Å². The lowest BCUT2D eigenvalue weighted by molar-refractivity contribution is 0.876. The molecule has 0 aliphatic carbocycles. The van der Waals surface area contributed by atoms with Crippen molar-refractivity contribution in [3.63, 3.8) is 0 Å². The maximum atomic E-state index is 2.42. The van der Waals surface area contributed by atoms with Crippen LogP contribution in [0.25, 0.3) is 10.8 Å². The summed E-state index contributed by atoms with van der Waals surface area (Å²) >= 11 is 2.42. The molecule has 0 amide bonds. The highest BCUT2D eigenvalue weighted by Crippen LogP contribution is 2.28. The van der Waals surface area contributed by atoms with Gasteiger partial charge in [-0.1, -0.05) is 44.2 Å². The second kappa shape index (κ2) is 3.89. The molecule has 0 spiro atoms. The van der Waals surface area contributed by atoms with E-state index in [0.717, 1.165) is 0 Å². The first kappa shape index (κ1) is 9.97. The van der Waals surface area contributed by atoms with Crippen LogP contribution < -0.4 is 0 Å². The minimum atomic E-state index is 0.592. The standard InChI is InChI=1S/C13H13I/c1-9(2)11-7-3-5-10-6-4-8-12(14)13(10)11/h3-9H,1-2H3/i14+4. The molecule has 0 nitrogen and oxygen atoms in total. The highest BCUT2D eigenvalue weighted by atomic mass is 131. The van der Waals surface area contributed by atoms with Crippen LogP contribution in [0, 0.1) is 3.57 Å². The lowest BCUT2D eigenvalue weighted by Crippen LogP contribution is -1.90. The average Bonchev–Trinajstić information content (AvgIpc) is 2.17. The smallest absolute Gasteiger partial charge is 0.0211 e. The van der Waals surface area contributed by atoms with E-state index in [9.17, 15) is 0 Å². The lowest BCUT2D eigenvalue weighted by Gasteiger charge is -2.11. The zero-order valence-electron chi connectivity index (χ0n) is 8.42. The summed E-state index contributed by atoms with van der Waals surface area (Å²) in [5.41, 5.74) is 1.45. The lowest BCUT2D eigenvalue weighted by atomic mass is 9.96. The molecule has 0 aliphatic heterocycles. The molecule has 0 aliphatic rings. The van der Waals surface area contributed by atoms with Gasteiger partial charge in [-0.15, -0.1) is 0 Å². The molecule has 0 aromatic heterocycles. The van der Waals surface area contributed by atoms with Crippen molar-refractivity contribution in [3.8, 4) is 0 Å². The van der Waals surface area contributed by atoms with Crippen LogP contribution >= 0.6 is 22.6 Å². The third-order valence-corrected chi connectivity index (χ3v) is 3.41. The molecule has 0 heterocycles. The molecule has 0 radical (unpaired) electrons. The van der Waals surface area contributed by atoms with E-state index >= 15 is 0 Å².